The molecule has 0 nitrogen and oxygen atoms in total. The zero-order valence-electron chi connectivity index (χ0n) is 7.48. The van der Waals surface area contributed by atoms with Gasteiger partial charge in [0.1, 0.15) is 0 Å². The van der Waals surface area contributed by atoms with E-state index in [1.54, 1.807) is 5.57 Å². The molecule has 0 aliphatic heterocycles. The Kier molecular flexibility index (Phi) is 1.42. The van der Waals surface area contributed by atoms with E-state index in [0.29, 0.717) is 11.8 Å². The summed E-state index contributed by atoms with van der Waals surface area (Å²) in [6, 6.07) is 0. The van der Waals surface area contributed by atoms with Crippen LogP contribution in [-0.2, 0) is 0 Å². The van der Waals surface area contributed by atoms with E-state index in [2.05, 4.69) is 48.6 Å². The van der Waals surface area contributed by atoms with Gasteiger partial charge >= 0.3 is 0 Å². The van der Waals surface area contributed by atoms with E-state index >= 15 is 0 Å². The van der Waals surface area contributed by atoms with Gasteiger partial charge in [0.2, 0.25) is 0 Å². The summed E-state index contributed by atoms with van der Waals surface area (Å²) in [5.74, 6) is 1.25. The van der Waals surface area contributed by atoms with E-state index in [-0.39, 0.29) is 0 Å². The van der Waals surface area contributed by atoms with Crippen molar-refractivity contribution in [1.82, 2.24) is 0 Å². The molecule has 0 fully saturated rings. The van der Waals surface area contributed by atoms with Crippen molar-refractivity contribution in [2.45, 2.75) is 6.42 Å². The second-order valence-electron chi connectivity index (χ2n) is 3.82. The smallest absolute Gasteiger partial charge is 0.00898 e. The molecule has 0 radical (unpaired) electrons. The van der Waals surface area contributed by atoms with E-state index < -0.39 is 0 Å². The topological polar surface area (TPSA) is 0 Å². The molecule has 3 aliphatic rings. The molecule has 13 heavy (non-hydrogen) atoms. The number of fused-ring (bicyclic) bond motifs is 2. The van der Waals surface area contributed by atoms with Gasteiger partial charge in [0.15, 0.2) is 0 Å². The van der Waals surface area contributed by atoms with Crippen LogP contribution < -0.4 is 0 Å². The van der Waals surface area contributed by atoms with Gasteiger partial charge in [-0.15, -0.1) is 0 Å². The lowest BCUT2D eigenvalue weighted by Gasteiger charge is -2.27. The Morgan fingerprint density at radius 2 is 1.92 bits per heavy atom. The first kappa shape index (κ1) is 7.14. The van der Waals surface area contributed by atoms with Gasteiger partial charge in [0.25, 0.3) is 0 Å². The maximum atomic E-state index is 2.33. The third kappa shape index (κ3) is 0.983. The van der Waals surface area contributed by atoms with E-state index in [4.69, 9.17) is 0 Å². The summed E-state index contributed by atoms with van der Waals surface area (Å²) >= 11 is 0. The van der Waals surface area contributed by atoms with Gasteiger partial charge in [0, 0.05) is 11.8 Å². The van der Waals surface area contributed by atoms with Crippen LogP contribution in [0.5, 0.6) is 0 Å². The summed E-state index contributed by atoms with van der Waals surface area (Å²) in [6.45, 7) is 0. The Morgan fingerprint density at radius 1 is 1.00 bits per heavy atom. The van der Waals surface area contributed by atoms with Gasteiger partial charge in [-0.05, 0) is 12.0 Å². The molecule has 0 saturated heterocycles. The van der Waals surface area contributed by atoms with Gasteiger partial charge in [-0.2, -0.15) is 0 Å². The van der Waals surface area contributed by atoms with Crippen LogP contribution in [0.4, 0.5) is 0 Å². The first-order valence-corrected chi connectivity index (χ1v) is 4.88. The number of allylic oxidation sites excluding steroid dienone is 10. The predicted molar refractivity (Wildman–Crippen MR) is 55.2 cm³/mol. The Balaban J connectivity index is 2.05. The van der Waals surface area contributed by atoms with Crippen molar-refractivity contribution < 1.29 is 0 Å². The fraction of sp³-hybridized carbons (Fsp3) is 0.231. The zero-order valence-corrected chi connectivity index (χ0v) is 7.48. The SMILES string of the molecule is C1=CC2C=CC3=C(CC=C3)C2C=C1. The summed E-state index contributed by atoms with van der Waals surface area (Å²) < 4.78 is 0. The first-order chi connectivity index (χ1) is 6.45. The van der Waals surface area contributed by atoms with Gasteiger partial charge < -0.3 is 0 Å². The minimum atomic E-state index is 0.614. The zero-order chi connectivity index (χ0) is 8.67. The Morgan fingerprint density at radius 3 is 2.92 bits per heavy atom. The Bertz CT molecular complexity index is 375. The molecular weight excluding hydrogens is 156 g/mol. The highest BCUT2D eigenvalue weighted by molar-refractivity contribution is 5.49. The number of rotatable bonds is 0. The van der Waals surface area contributed by atoms with E-state index in [9.17, 15) is 0 Å². The summed E-state index contributed by atoms with van der Waals surface area (Å²) in [7, 11) is 0. The van der Waals surface area contributed by atoms with Gasteiger partial charge in [-0.3, -0.25) is 0 Å². The lowest BCUT2D eigenvalue weighted by molar-refractivity contribution is 0.612. The molecule has 0 saturated carbocycles. The molecule has 0 aromatic carbocycles. The highest BCUT2D eigenvalue weighted by Gasteiger charge is 2.25. The van der Waals surface area contributed by atoms with E-state index in [1.165, 1.54) is 5.57 Å². The summed E-state index contributed by atoms with van der Waals surface area (Å²) in [4.78, 5) is 0. The van der Waals surface area contributed by atoms with Gasteiger partial charge in [-0.1, -0.05) is 54.2 Å². The molecule has 0 amide bonds. The standard InChI is InChI=1S/C13H12/c1-2-6-12-10(4-1)8-9-11-5-3-7-13(11)12/h1-6,8-10,12H,7H2. The van der Waals surface area contributed by atoms with Crippen molar-refractivity contribution in [3.63, 3.8) is 0 Å². The number of hydrogen-bond donors (Lipinski definition) is 0. The normalized spacial score (nSPS) is 33.8. The van der Waals surface area contributed by atoms with Crippen molar-refractivity contribution in [1.29, 1.82) is 0 Å². The maximum absolute atomic E-state index is 2.33. The van der Waals surface area contributed by atoms with Gasteiger partial charge in [0.05, 0.1) is 0 Å². The van der Waals surface area contributed by atoms with Gasteiger partial charge in [-0.25, -0.2) is 0 Å². The molecule has 0 bridgehead atoms. The Labute approximate surface area is 78.7 Å². The van der Waals surface area contributed by atoms with Crippen LogP contribution in [0, 0.1) is 11.8 Å². The van der Waals surface area contributed by atoms with E-state index in [0.717, 1.165) is 6.42 Å². The van der Waals surface area contributed by atoms with Crippen molar-refractivity contribution in [3.8, 4) is 0 Å². The van der Waals surface area contributed by atoms with E-state index in [1.807, 2.05) is 0 Å². The number of hydrogen-bond acceptors (Lipinski definition) is 0. The Hall–Kier alpha value is -1.30. The molecule has 3 rings (SSSR count). The summed E-state index contributed by atoms with van der Waals surface area (Å²) in [5.41, 5.74) is 3.05. The fourth-order valence-corrected chi connectivity index (χ4v) is 2.40. The molecule has 0 heterocycles. The summed E-state index contributed by atoms with van der Waals surface area (Å²) in [5, 5.41) is 0. The first-order valence-electron chi connectivity index (χ1n) is 4.88. The van der Waals surface area contributed by atoms with Crippen molar-refractivity contribution in [3.05, 3.63) is 59.8 Å². The molecule has 0 heteroatoms. The highest BCUT2D eigenvalue weighted by atomic mass is 14.3. The lowest BCUT2D eigenvalue weighted by atomic mass is 9.77. The predicted octanol–water partition coefficient (Wildman–Crippen LogP) is 3.17. The van der Waals surface area contributed by atoms with Crippen LogP contribution in [0.3, 0.4) is 0 Å². The second-order valence-corrected chi connectivity index (χ2v) is 3.82. The van der Waals surface area contributed by atoms with Crippen molar-refractivity contribution in [2.24, 2.45) is 11.8 Å². The second kappa shape index (κ2) is 2.59. The molecule has 0 N–H and O–H groups in total. The average molecular weight is 168 g/mol. The minimum Gasteiger partial charge on any atom is -0.0798 e. The summed E-state index contributed by atoms with van der Waals surface area (Å²) in [6.07, 6.45) is 19.2. The third-order valence-corrected chi connectivity index (χ3v) is 3.08. The van der Waals surface area contributed by atoms with Crippen molar-refractivity contribution in [2.75, 3.05) is 0 Å². The lowest BCUT2D eigenvalue weighted by Crippen LogP contribution is -2.16. The maximum Gasteiger partial charge on any atom is 0.00898 e. The van der Waals surface area contributed by atoms with Crippen molar-refractivity contribution >= 4 is 0 Å². The average Bonchev–Trinajstić information content (AvgIpc) is 2.65. The minimum absolute atomic E-state index is 0.614. The highest BCUT2D eigenvalue weighted by Crippen LogP contribution is 2.38. The fourth-order valence-electron chi connectivity index (χ4n) is 2.40. The largest absolute Gasteiger partial charge is 0.0798 e. The molecule has 2 atom stereocenters. The van der Waals surface area contributed by atoms with Crippen LogP contribution in [0.25, 0.3) is 0 Å². The van der Waals surface area contributed by atoms with Crippen LogP contribution in [0.15, 0.2) is 59.8 Å². The van der Waals surface area contributed by atoms with Crippen LogP contribution >= 0.6 is 0 Å². The van der Waals surface area contributed by atoms with Crippen LogP contribution in [-0.4, -0.2) is 0 Å². The molecule has 2 unspecified atom stereocenters. The quantitative estimate of drug-likeness (QED) is 0.521. The molecule has 0 aromatic rings. The van der Waals surface area contributed by atoms with Crippen LogP contribution in [0.1, 0.15) is 6.42 Å². The molecule has 64 valence electrons. The van der Waals surface area contributed by atoms with Crippen LogP contribution in [0.2, 0.25) is 0 Å². The molecule has 0 spiro atoms. The monoisotopic (exact) mass is 168 g/mol. The third-order valence-electron chi connectivity index (χ3n) is 3.08. The molecular formula is C13H12. The molecule has 3 aliphatic carbocycles. The molecule has 0 aromatic heterocycles.